The van der Waals surface area contributed by atoms with Crippen molar-refractivity contribution in [1.29, 1.82) is 0 Å². The summed E-state index contributed by atoms with van der Waals surface area (Å²) in [4.78, 5) is 13.0. The van der Waals surface area contributed by atoms with Gasteiger partial charge in [-0.25, -0.2) is 18.4 Å². The van der Waals surface area contributed by atoms with E-state index in [1.807, 2.05) is 18.2 Å². The Bertz CT molecular complexity index is 795. The molecule has 1 atom stereocenters. The topological polar surface area (TPSA) is 88.1 Å². The lowest BCUT2D eigenvalue weighted by atomic mass is 10.1. The first-order valence-corrected chi connectivity index (χ1v) is 9.50. The van der Waals surface area contributed by atoms with Crippen LogP contribution in [0.4, 0.5) is 11.6 Å². The average Bonchev–Trinajstić information content (AvgIpc) is 3.06. The molecule has 0 unspecified atom stereocenters. The smallest absolute Gasteiger partial charge is 0.217 e. The maximum atomic E-state index is 12.6. The molecule has 0 bridgehead atoms. The first-order chi connectivity index (χ1) is 11.5. The summed E-state index contributed by atoms with van der Waals surface area (Å²) in [5, 5.41) is 2.69. The third kappa shape index (κ3) is 3.25. The third-order valence-electron chi connectivity index (χ3n) is 4.08. The molecule has 0 radical (unpaired) electrons. The van der Waals surface area contributed by atoms with E-state index >= 15 is 0 Å². The van der Waals surface area contributed by atoms with Crippen molar-refractivity contribution in [1.82, 2.24) is 19.3 Å². The highest BCUT2D eigenvalue weighted by Gasteiger charge is 2.38. The molecular formula is C16H21N5O2S. The minimum absolute atomic E-state index is 0.294. The number of hydrogen-bond donors (Lipinski definition) is 1. The van der Waals surface area contributed by atoms with Crippen molar-refractivity contribution in [3.8, 4) is 0 Å². The van der Waals surface area contributed by atoms with Crippen molar-refractivity contribution in [3.05, 3.63) is 42.5 Å². The van der Waals surface area contributed by atoms with Crippen molar-refractivity contribution in [2.24, 2.45) is 0 Å². The fourth-order valence-electron chi connectivity index (χ4n) is 2.84. The molecule has 1 aliphatic heterocycles. The summed E-state index contributed by atoms with van der Waals surface area (Å²) < 4.78 is 26.8. The van der Waals surface area contributed by atoms with E-state index in [1.54, 1.807) is 36.7 Å². The molecule has 0 aromatic carbocycles. The molecule has 0 amide bonds. The van der Waals surface area contributed by atoms with Crippen LogP contribution in [0.2, 0.25) is 0 Å². The van der Waals surface area contributed by atoms with E-state index in [0.717, 1.165) is 12.8 Å². The van der Waals surface area contributed by atoms with Crippen LogP contribution in [-0.4, -0.2) is 39.5 Å². The fraction of sp³-hybridized carbons (Fsp3) is 0.438. The van der Waals surface area contributed by atoms with Crippen LogP contribution in [-0.2, 0) is 10.0 Å². The molecule has 3 heterocycles. The number of sulfonamides is 1. The summed E-state index contributed by atoms with van der Waals surface area (Å²) in [6.07, 6.45) is 6.42. The van der Waals surface area contributed by atoms with E-state index in [-0.39, 0.29) is 6.04 Å². The monoisotopic (exact) mass is 347 g/mol. The summed E-state index contributed by atoms with van der Waals surface area (Å²) >= 11 is 0. The Morgan fingerprint density at radius 2 is 1.96 bits per heavy atom. The van der Waals surface area contributed by atoms with Gasteiger partial charge in [-0.15, -0.1) is 0 Å². The second-order valence-corrected chi connectivity index (χ2v) is 8.43. The molecule has 2 aromatic rings. The van der Waals surface area contributed by atoms with Gasteiger partial charge in [0.2, 0.25) is 10.0 Å². The predicted octanol–water partition coefficient (Wildman–Crippen LogP) is 2.49. The first kappa shape index (κ1) is 16.8. The Hall–Kier alpha value is -2.06. The molecule has 128 valence electrons. The number of nitrogens with one attached hydrogen (secondary N) is 1. The maximum Gasteiger partial charge on any atom is 0.217 e. The Kier molecular flexibility index (Phi) is 4.77. The van der Waals surface area contributed by atoms with Crippen molar-refractivity contribution in [2.75, 3.05) is 11.9 Å². The Morgan fingerprint density at radius 1 is 1.17 bits per heavy atom. The summed E-state index contributed by atoms with van der Waals surface area (Å²) in [7, 11) is -3.34. The number of rotatable bonds is 5. The van der Waals surface area contributed by atoms with Gasteiger partial charge in [-0.3, -0.25) is 4.98 Å². The molecule has 0 aliphatic carbocycles. The van der Waals surface area contributed by atoms with Crippen LogP contribution in [0.1, 0.15) is 38.4 Å². The lowest BCUT2D eigenvalue weighted by Gasteiger charge is -2.26. The van der Waals surface area contributed by atoms with E-state index < -0.39 is 15.3 Å². The largest absolute Gasteiger partial charge is 0.323 e. The minimum atomic E-state index is -3.34. The highest BCUT2D eigenvalue weighted by molar-refractivity contribution is 7.89. The molecular weight excluding hydrogens is 326 g/mol. The van der Waals surface area contributed by atoms with E-state index in [4.69, 9.17) is 0 Å². The molecule has 1 saturated heterocycles. The average molecular weight is 347 g/mol. The number of anilines is 2. The highest BCUT2D eigenvalue weighted by atomic mass is 32.2. The zero-order valence-electron chi connectivity index (χ0n) is 13.8. The quantitative estimate of drug-likeness (QED) is 0.894. The third-order valence-corrected chi connectivity index (χ3v) is 6.36. The number of hydrogen-bond acceptors (Lipinski definition) is 6. The molecule has 24 heavy (non-hydrogen) atoms. The van der Waals surface area contributed by atoms with Gasteiger partial charge in [0, 0.05) is 25.1 Å². The highest BCUT2D eigenvalue weighted by Crippen LogP contribution is 2.37. The van der Waals surface area contributed by atoms with Crippen LogP contribution in [0, 0.1) is 0 Å². The first-order valence-electron chi connectivity index (χ1n) is 8.00. The SMILES string of the molecule is CC(C)S(=O)(=O)N1CCC[C@@H]1c1nccnc1Nc1ccccn1. The van der Waals surface area contributed by atoms with Gasteiger partial charge < -0.3 is 5.32 Å². The molecule has 0 saturated carbocycles. The van der Waals surface area contributed by atoms with Gasteiger partial charge in [0.05, 0.1) is 11.3 Å². The van der Waals surface area contributed by atoms with Gasteiger partial charge >= 0.3 is 0 Å². The van der Waals surface area contributed by atoms with Crippen LogP contribution >= 0.6 is 0 Å². The lowest BCUT2D eigenvalue weighted by molar-refractivity contribution is 0.386. The fourth-order valence-corrected chi connectivity index (χ4v) is 4.32. The molecule has 0 spiro atoms. The van der Waals surface area contributed by atoms with E-state index in [1.165, 1.54) is 0 Å². The zero-order valence-corrected chi connectivity index (χ0v) is 14.6. The summed E-state index contributed by atoms with van der Waals surface area (Å²) in [5.41, 5.74) is 0.643. The number of pyridine rings is 1. The Balaban J connectivity index is 1.95. The Labute approximate surface area is 142 Å². The van der Waals surface area contributed by atoms with Gasteiger partial charge in [-0.2, -0.15) is 4.31 Å². The molecule has 1 fully saturated rings. The maximum absolute atomic E-state index is 12.6. The number of nitrogens with zero attached hydrogens (tertiary/aromatic N) is 4. The van der Waals surface area contributed by atoms with Crippen LogP contribution in [0.5, 0.6) is 0 Å². The van der Waals surface area contributed by atoms with E-state index in [2.05, 4.69) is 20.3 Å². The minimum Gasteiger partial charge on any atom is -0.323 e. The molecule has 8 heteroatoms. The van der Waals surface area contributed by atoms with Crippen molar-refractivity contribution in [2.45, 2.75) is 38.0 Å². The van der Waals surface area contributed by atoms with Crippen molar-refractivity contribution in [3.63, 3.8) is 0 Å². The van der Waals surface area contributed by atoms with Crippen LogP contribution in [0.25, 0.3) is 0 Å². The van der Waals surface area contributed by atoms with Gasteiger partial charge in [-0.05, 0) is 38.8 Å². The molecule has 2 aromatic heterocycles. The lowest BCUT2D eigenvalue weighted by Crippen LogP contribution is -2.36. The standard InChI is InChI=1S/C16H21N5O2S/c1-12(2)24(22,23)21-11-5-6-13(21)15-16(19-10-9-18-15)20-14-7-3-4-8-17-14/h3-4,7-10,12-13H,5-6,11H2,1-2H3,(H,17,19,20)/t13-/m1/s1. The van der Waals surface area contributed by atoms with E-state index in [9.17, 15) is 8.42 Å². The second-order valence-electron chi connectivity index (χ2n) is 5.99. The van der Waals surface area contributed by atoms with E-state index in [0.29, 0.717) is 23.9 Å². The second kappa shape index (κ2) is 6.82. The molecule has 7 nitrogen and oxygen atoms in total. The van der Waals surface area contributed by atoms with Gasteiger partial charge in [-0.1, -0.05) is 6.07 Å². The Morgan fingerprint density at radius 3 is 2.67 bits per heavy atom. The van der Waals surface area contributed by atoms with Gasteiger partial charge in [0.25, 0.3) is 0 Å². The normalized spacial score (nSPS) is 18.9. The van der Waals surface area contributed by atoms with Crippen LogP contribution < -0.4 is 5.32 Å². The van der Waals surface area contributed by atoms with Crippen LogP contribution in [0.15, 0.2) is 36.8 Å². The number of aromatic nitrogens is 3. The molecule has 3 rings (SSSR count). The van der Waals surface area contributed by atoms with Crippen molar-refractivity contribution < 1.29 is 8.42 Å². The summed E-state index contributed by atoms with van der Waals surface area (Å²) in [6, 6.07) is 5.24. The zero-order chi connectivity index (χ0) is 17.2. The van der Waals surface area contributed by atoms with Crippen molar-refractivity contribution >= 4 is 21.7 Å². The van der Waals surface area contributed by atoms with Gasteiger partial charge in [0.1, 0.15) is 11.5 Å². The molecule has 1 aliphatic rings. The van der Waals surface area contributed by atoms with Gasteiger partial charge in [0.15, 0.2) is 5.82 Å². The predicted molar refractivity (Wildman–Crippen MR) is 92.3 cm³/mol. The summed E-state index contributed by atoms with van der Waals surface area (Å²) in [5.74, 6) is 1.20. The van der Waals surface area contributed by atoms with Crippen LogP contribution in [0.3, 0.4) is 0 Å². The molecule has 1 N–H and O–H groups in total. The summed E-state index contributed by atoms with van der Waals surface area (Å²) in [6.45, 7) is 3.92.